The number of rotatable bonds is 1. The van der Waals surface area contributed by atoms with Crippen LogP contribution in [0.2, 0.25) is 0 Å². The molecule has 92 valence electrons. The van der Waals surface area contributed by atoms with Crippen LogP contribution in [-0.2, 0) is 4.79 Å². The Morgan fingerprint density at radius 3 is 3.00 bits per heavy atom. The molecule has 1 unspecified atom stereocenters. The van der Waals surface area contributed by atoms with Crippen molar-refractivity contribution in [2.45, 2.75) is 20.3 Å². The van der Waals surface area contributed by atoms with Crippen molar-refractivity contribution in [3.63, 3.8) is 0 Å². The van der Waals surface area contributed by atoms with Crippen molar-refractivity contribution in [2.24, 2.45) is 5.92 Å². The van der Waals surface area contributed by atoms with Gasteiger partial charge in [0.1, 0.15) is 0 Å². The minimum atomic E-state index is 0.0517. The number of hydrogen-bond donors (Lipinski definition) is 1. The standard InChI is InChI=1S/C14H20N2O/c1-11-5-3-6-13(9-11)16-8-4-7-15-10-12(2)14(16)17/h3,5-6,9,12,15H,4,7-8,10H2,1-2H3. The van der Waals surface area contributed by atoms with E-state index in [-0.39, 0.29) is 11.8 Å². The molecule has 0 radical (unpaired) electrons. The SMILES string of the molecule is Cc1cccc(N2CCCNCC(C)C2=O)c1. The maximum absolute atomic E-state index is 12.3. The van der Waals surface area contributed by atoms with Crippen LogP contribution in [0.15, 0.2) is 24.3 Å². The molecule has 2 rings (SSSR count). The van der Waals surface area contributed by atoms with E-state index in [1.807, 2.05) is 24.0 Å². The van der Waals surface area contributed by atoms with Gasteiger partial charge in [0, 0.05) is 24.7 Å². The summed E-state index contributed by atoms with van der Waals surface area (Å²) in [5.74, 6) is 0.276. The van der Waals surface area contributed by atoms with Gasteiger partial charge in [-0.15, -0.1) is 0 Å². The van der Waals surface area contributed by atoms with Crippen LogP contribution < -0.4 is 10.2 Å². The van der Waals surface area contributed by atoms with E-state index < -0.39 is 0 Å². The van der Waals surface area contributed by atoms with E-state index in [1.54, 1.807) is 0 Å². The molecule has 1 atom stereocenters. The average Bonchev–Trinajstić information content (AvgIpc) is 2.31. The predicted molar refractivity (Wildman–Crippen MR) is 70.2 cm³/mol. The van der Waals surface area contributed by atoms with Gasteiger partial charge in [0.25, 0.3) is 0 Å². The van der Waals surface area contributed by atoms with Crippen LogP contribution in [0.1, 0.15) is 18.9 Å². The molecule has 3 nitrogen and oxygen atoms in total. The summed E-state index contributed by atoms with van der Waals surface area (Å²) in [6, 6.07) is 8.18. The van der Waals surface area contributed by atoms with Gasteiger partial charge in [0.05, 0.1) is 0 Å². The van der Waals surface area contributed by atoms with E-state index in [0.717, 1.165) is 31.7 Å². The molecule has 0 saturated carbocycles. The normalized spacial score (nSPS) is 22.1. The lowest BCUT2D eigenvalue weighted by molar-refractivity contribution is -0.122. The van der Waals surface area contributed by atoms with Crippen molar-refractivity contribution in [3.05, 3.63) is 29.8 Å². The molecule has 0 aromatic heterocycles. The van der Waals surface area contributed by atoms with Crippen molar-refractivity contribution in [1.29, 1.82) is 0 Å². The fraction of sp³-hybridized carbons (Fsp3) is 0.500. The molecule has 0 spiro atoms. The second-order valence-corrected chi connectivity index (χ2v) is 4.79. The third kappa shape index (κ3) is 2.86. The van der Waals surface area contributed by atoms with Gasteiger partial charge >= 0.3 is 0 Å². The van der Waals surface area contributed by atoms with Gasteiger partial charge in [-0.25, -0.2) is 0 Å². The molecular formula is C14H20N2O. The van der Waals surface area contributed by atoms with E-state index in [4.69, 9.17) is 0 Å². The second-order valence-electron chi connectivity index (χ2n) is 4.79. The van der Waals surface area contributed by atoms with Crippen LogP contribution >= 0.6 is 0 Å². The highest BCUT2D eigenvalue weighted by Gasteiger charge is 2.23. The minimum absolute atomic E-state index is 0.0517. The van der Waals surface area contributed by atoms with Crippen LogP contribution in [0.3, 0.4) is 0 Å². The Balaban J connectivity index is 2.24. The van der Waals surface area contributed by atoms with E-state index in [0.29, 0.717) is 0 Å². The first-order valence-electron chi connectivity index (χ1n) is 6.27. The predicted octanol–water partition coefficient (Wildman–Crippen LogP) is 1.96. The lowest BCUT2D eigenvalue weighted by atomic mass is 10.1. The van der Waals surface area contributed by atoms with Crippen LogP contribution in [0.25, 0.3) is 0 Å². The number of carbonyl (C=O) groups excluding carboxylic acids is 1. The molecule has 17 heavy (non-hydrogen) atoms. The number of nitrogens with zero attached hydrogens (tertiary/aromatic N) is 1. The van der Waals surface area contributed by atoms with Gasteiger partial charge in [-0.1, -0.05) is 19.1 Å². The van der Waals surface area contributed by atoms with E-state index in [9.17, 15) is 4.79 Å². The molecule has 1 aromatic carbocycles. The lowest BCUT2D eigenvalue weighted by Gasteiger charge is -2.28. The third-order valence-electron chi connectivity index (χ3n) is 3.19. The number of benzene rings is 1. The smallest absolute Gasteiger partial charge is 0.231 e. The largest absolute Gasteiger partial charge is 0.316 e. The lowest BCUT2D eigenvalue weighted by Crippen LogP contribution is -2.43. The molecular weight excluding hydrogens is 212 g/mol. The summed E-state index contributed by atoms with van der Waals surface area (Å²) in [7, 11) is 0. The number of carbonyl (C=O) groups is 1. The van der Waals surface area contributed by atoms with Gasteiger partial charge in [0.15, 0.2) is 0 Å². The quantitative estimate of drug-likeness (QED) is 0.802. The Labute approximate surface area is 103 Å². The number of amides is 1. The zero-order chi connectivity index (χ0) is 12.3. The molecule has 1 heterocycles. The highest BCUT2D eigenvalue weighted by Crippen LogP contribution is 2.19. The summed E-state index contributed by atoms with van der Waals surface area (Å²) in [5.41, 5.74) is 2.23. The zero-order valence-corrected chi connectivity index (χ0v) is 10.6. The van der Waals surface area contributed by atoms with Gasteiger partial charge in [-0.2, -0.15) is 0 Å². The third-order valence-corrected chi connectivity index (χ3v) is 3.19. The van der Waals surface area contributed by atoms with E-state index in [1.165, 1.54) is 5.56 Å². The summed E-state index contributed by atoms with van der Waals surface area (Å²) in [6.07, 6.45) is 1.01. The summed E-state index contributed by atoms with van der Waals surface area (Å²) in [6.45, 7) is 6.62. The Bertz CT molecular complexity index is 403. The van der Waals surface area contributed by atoms with Crippen molar-refractivity contribution in [3.8, 4) is 0 Å². The first kappa shape index (κ1) is 12.1. The first-order chi connectivity index (χ1) is 8.18. The minimum Gasteiger partial charge on any atom is -0.316 e. The summed E-state index contributed by atoms with van der Waals surface area (Å²) in [4.78, 5) is 14.2. The van der Waals surface area contributed by atoms with Gasteiger partial charge in [-0.05, 0) is 37.6 Å². The first-order valence-corrected chi connectivity index (χ1v) is 6.27. The summed E-state index contributed by atoms with van der Waals surface area (Å²) < 4.78 is 0. The summed E-state index contributed by atoms with van der Waals surface area (Å²) in [5, 5.41) is 3.30. The maximum Gasteiger partial charge on any atom is 0.231 e. The Hall–Kier alpha value is -1.35. The monoisotopic (exact) mass is 232 g/mol. The van der Waals surface area contributed by atoms with Crippen LogP contribution in [0.5, 0.6) is 0 Å². The Morgan fingerprint density at radius 1 is 1.41 bits per heavy atom. The van der Waals surface area contributed by atoms with Gasteiger partial charge in [0.2, 0.25) is 5.91 Å². The topological polar surface area (TPSA) is 32.3 Å². The summed E-state index contributed by atoms with van der Waals surface area (Å²) >= 11 is 0. The molecule has 1 amide bonds. The number of anilines is 1. The van der Waals surface area contributed by atoms with Crippen molar-refractivity contribution in [1.82, 2.24) is 5.32 Å². The molecule has 1 aromatic rings. The van der Waals surface area contributed by atoms with E-state index >= 15 is 0 Å². The average molecular weight is 232 g/mol. The molecule has 1 aliphatic heterocycles. The van der Waals surface area contributed by atoms with Crippen molar-refractivity contribution in [2.75, 3.05) is 24.5 Å². The van der Waals surface area contributed by atoms with Crippen molar-refractivity contribution >= 4 is 11.6 Å². The maximum atomic E-state index is 12.3. The molecule has 3 heteroatoms. The molecule has 0 bridgehead atoms. The molecule has 1 saturated heterocycles. The Morgan fingerprint density at radius 2 is 2.24 bits per heavy atom. The Kier molecular flexibility index (Phi) is 3.79. The molecule has 1 N–H and O–H groups in total. The zero-order valence-electron chi connectivity index (χ0n) is 10.6. The number of aryl methyl sites for hydroxylation is 1. The van der Waals surface area contributed by atoms with Crippen LogP contribution in [0.4, 0.5) is 5.69 Å². The molecule has 1 aliphatic rings. The fourth-order valence-corrected chi connectivity index (χ4v) is 2.20. The highest BCUT2D eigenvalue weighted by molar-refractivity contribution is 5.95. The van der Waals surface area contributed by atoms with Gasteiger partial charge < -0.3 is 10.2 Å². The number of hydrogen-bond acceptors (Lipinski definition) is 2. The van der Waals surface area contributed by atoms with E-state index in [2.05, 4.69) is 24.4 Å². The fourth-order valence-electron chi connectivity index (χ4n) is 2.20. The van der Waals surface area contributed by atoms with Crippen molar-refractivity contribution < 1.29 is 4.79 Å². The van der Waals surface area contributed by atoms with Crippen LogP contribution in [0, 0.1) is 12.8 Å². The van der Waals surface area contributed by atoms with Crippen LogP contribution in [-0.4, -0.2) is 25.5 Å². The number of nitrogens with one attached hydrogen (secondary N) is 1. The van der Waals surface area contributed by atoms with Gasteiger partial charge in [-0.3, -0.25) is 4.79 Å². The highest BCUT2D eigenvalue weighted by atomic mass is 16.2. The molecule has 1 fully saturated rings. The molecule has 0 aliphatic carbocycles. The second kappa shape index (κ2) is 5.32.